The quantitative estimate of drug-likeness (QED) is 0.392. The molecule has 0 bridgehead atoms. The van der Waals surface area contributed by atoms with E-state index in [0.717, 1.165) is 16.1 Å². The Morgan fingerprint density at radius 3 is 2.37 bits per heavy atom. The summed E-state index contributed by atoms with van der Waals surface area (Å²) < 4.78 is 0. The average Bonchev–Trinajstić information content (AvgIpc) is 3.28. The van der Waals surface area contributed by atoms with Crippen LogP contribution in [0.5, 0.6) is 0 Å². The van der Waals surface area contributed by atoms with Crippen molar-refractivity contribution in [3.8, 4) is 11.3 Å². The summed E-state index contributed by atoms with van der Waals surface area (Å²) in [5, 5.41) is 15.1. The first-order valence-electron chi connectivity index (χ1n) is 11.4. The maximum absolute atomic E-state index is 13.0. The Hall–Kier alpha value is -3.79. The number of amides is 2. The molecule has 9 nitrogen and oxygen atoms in total. The van der Waals surface area contributed by atoms with Crippen LogP contribution >= 0.6 is 11.3 Å². The molecule has 4 rings (SSSR count). The number of nitro groups is 1. The van der Waals surface area contributed by atoms with Crippen molar-refractivity contribution in [1.29, 1.82) is 0 Å². The number of rotatable bonds is 6. The van der Waals surface area contributed by atoms with Gasteiger partial charge in [0.05, 0.1) is 10.6 Å². The molecule has 2 aromatic carbocycles. The second kappa shape index (κ2) is 10.2. The van der Waals surface area contributed by atoms with Gasteiger partial charge in [-0.05, 0) is 18.1 Å². The first-order valence-corrected chi connectivity index (χ1v) is 12.2. The lowest BCUT2D eigenvalue weighted by atomic mass is 10.1. The summed E-state index contributed by atoms with van der Waals surface area (Å²) in [6.45, 7) is 7.65. The molecule has 0 radical (unpaired) electrons. The Labute approximate surface area is 207 Å². The van der Waals surface area contributed by atoms with E-state index in [1.54, 1.807) is 17.0 Å². The normalized spacial score (nSPS) is 13.7. The molecule has 2 amide bonds. The number of anilines is 2. The fraction of sp³-hybridized carbons (Fsp3) is 0.320. The molecule has 0 aliphatic carbocycles. The van der Waals surface area contributed by atoms with Crippen LogP contribution in [-0.4, -0.2) is 52.8 Å². The van der Waals surface area contributed by atoms with Crippen LogP contribution in [0.3, 0.4) is 0 Å². The number of carbonyl (C=O) groups excluding carboxylic acids is 2. The number of carbonyl (C=O) groups is 2. The SMILES string of the molecule is CC(=O)N1CCN(c2ccc(C(=O)Nc3nc(-c4ccccc4)c(C(C)C)s3)cc2[N+](=O)[O-])CC1. The molecule has 35 heavy (non-hydrogen) atoms. The molecule has 0 spiro atoms. The number of benzene rings is 2. The van der Waals surface area contributed by atoms with Gasteiger partial charge in [0.1, 0.15) is 5.69 Å². The fourth-order valence-electron chi connectivity index (χ4n) is 4.09. The first-order chi connectivity index (χ1) is 16.7. The van der Waals surface area contributed by atoms with Crippen molar-refractivity contribution < 1.29 is 14.5 Å². The van der Waals surface area contributed by atoms with Crippen LogP contribution in [-0.2, 0) is 4.79 Å². The van der Waals surface area contributed by atoms with E-state index in [-0.39, 0.29) is 23.1 Å². The number of nitro benzene ring substituents is 1. The van der Waals surface area contributed by atoms with E-state index in [1.165, 1.54) is 24.3 Å². The zero-order chi connectivity index (χ0) is 25.1. The Balaban J connectivity index is 1.56. The minimum absolute atomic E-state index is 0.00981. The third kappa shape index (κ3) is 5.32. The van der Waals surface area contributed by atoms with Gasteiger partial charge >= 0.3 is 0 Å². The topological polar surface area (TPSA) is 109 Å². The molecule has 3 aromatic rings. The molecule has 0 atom stereocenters. The molecule has 0 saturated carbocycles. The Morgan fingerprint density at radius 2 is 1.77 bits per heavy atom. The largest absolute Gasteiger partial charge is 0.362 e. The lowest BCUT2D eigenvalue weighted by Gasteiger charge is -2.35. The summed E-state index contributed by atoms with van der Waals surface area (Å²) >= 11 is 1.41. The minimum Gasteiger partial charge on any atom is -0.362 e. The fourth-order valence-corrected chi connectivity index (χ4v) is 5.07. The summed E-state index contributed by atoms with van der Waals surface area (Å²) in [5.74, 6) is -0.244. The molecular weight excluding hydrogens is 466 g/mol. The van der Waals surface area contributed by atoms with Gasteiger partial charge in [-0.3, -0.25) is 25.0 Å². The second-order valence-electron chi connectivity index (χ2n) is 8.66. The van der Waals surface area contributed by atoms with Crippen LogP contribution in [0.1, 0.15) is 41.9 Å². The van der Waals surface area contributed by atoms with Crippen molar-refractivity contribution in [2.24, 2.45) is 0 Å². The van der Waals surface area contributed by atoms with Gasteiger partial charge in [0.15, 0.2) is 5.13 Å². The molecule has 1 aromatic heterocycles. The van der Waals surface area contributed by atoms with Crippen LogP contribution in [0.4, 0.5) is 16.5 Å². The van der Waals surface area contributed by atoms with Crippen molar-refractivity contribution >= 4 is 39.7 Å². The number of aromatic nitrogens is 1. The lowest BCUT2D eigenvalue weighted by molar-refractivity contribution is -0.384. The standard InChI is InChI=1S/C25H27N5O4S/c1-16(2)23-22(18-7-5-4-6-8-18)26-25(35-23)27-24(32)19-9-10-20(21(15-19)30(33)34)29-13-11-28(12-14-29)17(3)31/h4-10,15-16H,11-14H2,1-3H3,(H,26,27,32). The maximum atomic E-state index is 13.0. The van der Waals surface area contributed by atoms with Crippen molar-refractivity contribution in [2.75, 3.05) is 36.4 Å². The summed E-state index contributed by atoms with van der Waals surface area (Å²) in [5.41, 5.74) is 2.29. The van der Waals surface area contributed by atoms with Gasteiger partial charge in [-0.15, -0.1) is 11.3 Å². The number of hydrogen-bond acceptors (Lipinski definition) is 7. The van der Waals surface area contributed by atoms with Crippen molar-refractivity contribution in [3.63, 3.8) is 0 Å². The van der Waals surface area contributed by atoms with Crippen LogP contribution in [0.2, 0.25) is 0 Å². The van der Waals surface area contributed by atoms with Crippen LogP contribution in [0, 0.1) is 10.1 Å². The van der Waals surface area contributed by atoms with Gasteiger partial charge in [-0.1, -0.05) is 44.2 Å². The van der Waals surface area contributed by atoms with Crippen molar-refractivity contribution in [3.05, 3.63) is 69.1 Å². The van der Waals surface area contributed by atoms with Gasteiger partial charge in [-0.25, -0.2) is 4.98 Å². The van der Waals surface area contributed by atoms with E-state index in [4.69, 9.17) is 0 Å². The molecule has 2 heterocycles. The van der Waals surface area contributed by atoms with Gasteiger partial charge in [0.25, 0.3) is 11.6 Å². The molecule has 0 unspecified atom stereocenters. The summed E-state index contributed by atoms with van der Waals surface area (Å²) in [4.78, 5) is 45.2. The van der Waals surface area contributed by atoms with E-state index in [0.29, 0.717) is 37.0 Å². The lowest BCUT2D eigenvalue weighted by Crippen LogP contribution is -2.48. The average molecular weight is 494 g/mol. The van der Waals surface area contributed by atoms with Gasteiger partial charge in [0.2, 0.25) is 5.91 Å². The first kappa shape index (κ1) is 24.3. The molecular formula is C25H27N5O4S. The zero-order valence-electron chi connectivity index (χ0n) is 19.9. The smallest absolute Gasteiger partial charge is 0.293 e. The highest BCUT2D eigenvalue weighted by Gasteiger charge is 2.26. The Morgan fingerprint density at radius 1 is 1.09 bits per heavy atom. The third-order valence-electron chi connectivity index (χ3n) is 5.95. The minimum atomic E-state index is -0.475. The molecule has 1 aliphatic heterocycles. The second-order valence-corrected chi connectivity index (χ2v) is 9.69. The van der Waals surface area contributed by atoms with Gasteiger partial charge in [-0.2, -0.15) is 0 Å². The van der Waals surface area contributed by atoms with E-state index >= 15 is 0 Å². The van der Waals surface area contributed by atoms with E-state index in [9.17, 15) is 19.7 Å². The predicted octanol–water partition coefficient (Wildman–Crippen LogP) is 4.76. The molecule has 1 aliphatic rings. The van der Waals surface area contributed by atoms with Crippen LogP contribution in [0.15, 0.2) is 48.5 Å². The maximum Gasteiger partial charge on any atom is 0.293 e. The third-order valence-corrected chi connectivity index (χ3v) is 7.22. The monoisotopic (exact) mass is 493 g/mol. The van der Waals surface area contributed by atoms with Gasteiger partial charge in [0, 0.05) is 55.2 Å². The number of piperazine rings is 1. The Kier molecular flexibility index (Phi) is 7.11. The zero-order valence-corrected chi connectivity index (χ0v) is 20.7. The van der Waals surface area contributed by atoms with Gasteiger partial charge < -0.3 is 9.80 Å². The van der Waals surface area contributed by atoms with Crippen LogP contribution < -0.4 is 10.2 Å². The number of nitrogens with one attached hydrogen (secondary N) is 1. The molecule has 10 heteroatoms. The molecule has 1 fully saturated rings. The van der Waals surface area contributed by atoms with E-state index < -0.39 is 10.8 Å². The number of thiazole rings is 1. The Bertz CT molecular complexity index is 1250. The van der Waals surface area contributed by atoms with E-state index in [1.807, 2.05) is 35.2 Å². The summed E-state index contributed by atoms with van der Waals surface area (Å²) in [6, 6.07) is 14.3. The molecule has 1 N–H and O–H groups in total. The summed E-state index contributed by atoms with van der Waals surface area (Å²) in [7, 11) is 0. The molecule has 1 saturated heterocycles. The van der Waals surface area contributed by atoms with Crippen LogP contribution in [0.25, 0.3) is 11.3 Å². The number of hydrogen-bond donors (Lipinski definition) is 1. The van der Waals surface area contributed by atoms with Crippen molar-refractivity contribution in [1.82, 2.24) is 9.88 Å². The highest BCUT2D eigenvalue weighted by molar-refractivity contribution is 7.16. The van der Waals surface area contributed by atoms with Crippen molar-refractivity contribution in [2.45, 2.75) is 26.7 Å². The highest BCUT2D eigenvalue weighted by atomic mass is 32.1. The van der Waals surface area contributed by atoms with E-state index in [2.05, 4.69) is 24.1 Å². The summed E-state index contributed by atoms with van der Waals surface area (Å²) in [6.07, 6.45) is 0. The number of nitrogens with zero attached hydrogens (tertiary/aromatic N) is 4. The predicted molar refractivity (Wildman–Crippen MR) is 137 cm³/mol. The molecule has 182 valence electrons. The highest BCUT2D eigenvalue weighted by Crippen LogP contribution is 2.36.